The molecule has 1 aromatic heterocycles. The largest absolute Gasteiger partial charge is 0.383 e. The molecule has 0 unspecified atom stereocenters. The molecule has 6 nitrogen and oxygen atoms in total. The Morgan fingerprint density at radius 1 is 1.05 bits per heavy atom. The zero-order valence-electron chi connectivity index (χ0n) is 13.3. The SMILES string of the molecule is COCCNCc1cccnc1N(CCOC)CCOC. The fourth-order valence-corrected chi connectivity index (χ4v) is 1.98. The van der Waals surface area contributed by atoms with E-state index >= 15 is 0 Å². The summed E-state index contributed by atoms with van der Waals surface area (Å²) in [6.45, 7) is 5.20. The highest BCUT2D eigenvalue weighted by Gasteiger charge is 2.12. The highest BCUT2D eigenvalue weighted by molar-refractivity contribution is 5.46. The maximum absolute atomic E-state index is 5.18. The summed E-state index contributed by atoms with van der Waals surface area (Å²) in [6, 6.07) is 4.05. The lowest BCUT2D eigenvalue weighted by Gasteiger charge is -2.25. The number of ether oxygens (including phenoxy) is 3. The van der Waals surface area contributed by atoms with Crippen molar-refractivity contribution in [3.63, 3.8) is 0 Å². The smallest absolute Gasteiger partial charge is 0.133 e. The van der Waals surface area contributed by atoms with Crippen LogP contribution in [0.25, 0.3) is 0 Å². The third kappa shape index (κ3) is 6.86. The number of anilines is 1. The van der Waals surface area contributed by atoms with E-state index in [9.17, 15) is 0 Å². The van der Waals surface area contributed by atoms with E-state index in [1.807, 2.05) is 12.3 Å². The van der Waals surface area contributed by atoms with Crippen LogP contribution in [-0.4, -0.2) is 65.8 Å². The van der Waals surface area contributed by atoms with Gasteiger partial charge in [0.1, 0.15) is 5.82 Å². The summed E-state index contributed by atoms with van der Waals surface area (Å²) >= 11 is 0. The van der Waals surface area contributed by atoms with Gasteiger partial charge in [0.15, 0.2) is 0 Å². The van der Waals surface area contributed by atoms with Crippen LogP contribution in [-0.2, 0) is 20.8 Å². The van der Waals surface area contributed by atoms with Crippen molar-refractivity contribution in [3.05, 3.63) is 23.9 Å². The average molecular weight is 297 g/mol. The zero-order valence-corrected chi connectivity index (χ0v) is 13.3. The second-order valence-electron chi connectivity index (χ2n) is 4.63. The quantitative estimate of drug-likeness (QED) is 0.579. The molecule has 0 saturated heterocycles. The number of hydrogen-bond donors (Lipinski definition) is 1. The molecule has 0 fully saturated rings. The van der Waals surface area contributed by atoms with E-state index < -0.39 is 0 Å². The Balaban J connectivity index is 2.70. The summed E-state index contributed by atoms with van der Waals surface area (Å²) in [6.07, 6.45) is 1.82. The predicted molar refractivity (Wildman–Crippen MR) is 83.8 cm³/mol. The van der Waals surface area contributed by atoms with Crippen molar-refractivity contribution in [1.82, 2.24) is 10.3 Å². The Morgan fingerprint density at radius 3 is 2.33 bits per heavy atom. The van der Waals surface area contributed by atoms with E-state index in [1.54, 1.807) is 21.3 Å². The first-order valence-electron chi connectivity index (χ1n) is 7.19. The maximum atomic E-state index is 5.18. The number of nitrogens with zero attached hydrogens (tertiary/aromatic N) is 2. The van der Waals surface area contributed by atoms with Crippen LogP contribution < -0.4 is 10.2 Å². The molecular weight excluding hydrogens is 270 g/mol. The summed E-state index contributed by atoms with van der Waals surface area (Å²) < 4.78 is 15.4. The second-order valence-corrected chi connectivity index (χ2v) is 4.63. The van der Waals surface area contributed by atoms with Gasteiger partial charge in [-0.2, -0.15) is 0 Å². The predicted octanol–water partition coefficient (Wildman–Crippen LogP) is 0.917. The van der Waals surface area contributed by atoms with Crippen LogP contribution in [0.2, 0.25) is 0 Å². The van der Waals surface area contributed by atoms with Crippen LogP contribution in [0, 0.1) is 0 Å². The Bertz CT molecular complexity index is 369. The van der Waals surface area contributed by atoms with Gasteiger partial charge in [-0.3, -0.25) is 0 Å². The second kappa shape index (κ2) is 11.4. The van der Waals surface area contributed by atoms with E-state index in [0.29, 0.717) is 19.8 Å². The average Bonchev–Trinajstić information content (AvgIpc) is 2.52. The lowest BCUT2D eigenvalue weighted by Crippen LogP contribution is -2.33. The Morgan fingerprint density at radius 2 is 1.71 bits per heavy atom. The van der Waals surface area contributed by atoms with E-state index in [0.717, 1.165) is 32.0 Å². The van der Waals surface area contributed by atoms with Gasteiger partial charge in [-0.15, -0.1) is 0 Å². The molecule has 21 heavy (non-hydrogen) atoms. The van der Waals surface area contributed by atoms with Gasteiger partial charge in [0.2, 0.25) is 0 Å². The molecule has 0 atom stereocenters. The van der Waals surface area contributed by atoms with Crippen LogP contribution >= 0.6 is 0 Å². The zero-order chi connectivity index (χ0) is 15.3. The Hall–Kier alpha value is -1.21. The summed E-state index contributed by atoms with van der Waals surface area (Å²) in [7, 11) is 5.12. The number of rotatable bonds is 12. The monoisotopic (exact) mass is 297 g/mol. The number of hydrogen-bond acceptors (Lipinski definition) is 6. The van der Waals surface area contributed by atoms with Gasteiger partial charge in [-0.25, -0.2) is 4.98 Å². The van der Waals surface area contributed by atoms with Gasteiger partial charge in [0.05, 0.1) is 19.8 Å². The minimum absolute atomic E-state index is 0.664. The number of nitrogens with one attached hydrogen (secondary N) is 1. The maximum Gasteiger partial charge on any atom is 0.133 e. The van der Waals surface area contributed by atoms with Crippen molar-refractivity contribution in [2.45, 2.75) is 6.54 Å². The summed E-state index contributed by atoms with van der Waals surface area (Å²) in [5.74, 6) is 0.983. The third-order valence-electron chi connectivity index (χ3n) is 3.10. The molecule has 1 rings (SSSR count). The molecule has 120 valence electrons. The normalized spacial score (nSPS) is 10.8. The van der Waals surface area contributed by atoms with E-state index in [-0.39, 0.29) is 0 Å². The van der Waals surface area contributed by atoms with Crippen LogP contribution in [0.4, 0.5) is 5.82 Å². The number of pyridine rings is 1. The molecule has 0 aliphatic heterocycles. The van der Waals surface area contributed by atoms with Crippen molar-refractivity contribution in [2.75, 3.05) is 65.7 Å². The minimum atomic E-state index is 0.664. The summed E-state index contributed by atoms with van der Waals surface area (Å²) in [5, 5.41) is 3.36. The molecule has 0 radical (unpaired) electrons. The van der Waals surface area contributed by atoms with Crippen LogP contribution in [0.15, 0.2) is 18.3 Å². The first-order valence-corrected chi connectivity index (χ1v) is 7.19. The number of methoxy groups -OCH3 is 3. The van der Waals surface area contributed by atoms with Gasteiger partial charge in [0.25, 0.3) is 0 Å². The molecular formula is C15H27N3O3. The molecule has 1 heterocycles. The lowest BCUT2D eigenvalue weighted by molar-refractivity contribution is 0.190. The van der Waals surface area contributed by atoms with Crippen molar-refractivity contribution in [3.8, 4) is 0 Å². The third-order valence-corrected chi connectivity index (χ3v) is 3.10. The Labute approximate surface area is 127 Å². The van der Waals surface area contributed by atoms with Crippen LogP contribution in [0.3, 0.4) is 0 Å². The van der Waals surface area contributed by atoms with Gasteiger partial charge in [-0.1, -0.05) is 6.07 Å². The van der Waals surface area contributed by atoms with Crippen LogP contribution in [0.1, 0.15) is 5.56 Å². The number of aromatic nitrogens is 1. The molecule has 1 N–H and O–H groups in total. The summed E-state index contributed by atoms with van der Waals surface area (Å²) in [5.41, 5.74) is 1.17. The van der Waals surface area contributed by atoms with Gasteiger partial charge in [-0.05, 0) is 6.07 Å². The molecule has 6 heteroatoms. The first-order chi connectivity index (χ1) is 10.3. The van der Waals surface area contributed by atoms with Gasteiger partial charge in [0, 0.05) is 59.3 Å². The Kier molecular flexibility index (Phi) is 9.73. The van der Waals surface area contributed by atoms with E-state index in [4.69, 9.17) is 14.2 Å². The van der Waals surface area contributed by atoms with E-state index in [2.05, 4.69) is 21.3 Å². The molecule has 0 aromatic carbocycles. The van der Waals surface area contributed by atoms with Crippen molar-refractivity contribution in [1.29, 1.82) is 0 Å². The topological polar surface area (TPSA) is 55.9 Å². The van der Waals surface area contributed by atoms with Gasteiger partial charge < -0.3 is 24.4 Å². The molecule has 0 aliphatic rings. The van der Waals surface area contributed by atoms with Crippen molar-refractivity contribution in [2.24, 2.45) is 0 Å². The van der Waals surface area contributed by atoms with Crippen LogP contribution in [0.5, 0.6) is 0 Å². The highest BCUT2D eigenvalue weighted by Crippen LogP contribution is 2.16. The lowest BCUT2D eigenvalue weighted by atomic mass is 10.2. The molecule has 0 bridgehead atoms. The standard InChI is InChI=1S/C15H27N3O3/c1-19-10-7-16-13-14-5-4-6-17-15(14)18(8-11-20-2)9-12-21-3/h4-6,16H,7-13H2,1-3H3. The molecule has 0 amide bonds. The summed E-state index contributed by atoms with van der Waals surface area (Å²) in [4.78, 5) is 6.72. The van der Waals surface area contributed by atoms with E-state index in [1.165, 1.54) is 5.56 Å². The fourth-order valence-electron chi connectivity index (χ4n) is 1.98. The highest BCUT2D eigenvalue weighted by atomic mass is 16.5. The first kappa shape index (κ1) is 17.8. The molecule has 0 saturated carbocycles. The van der Waals surface area contributed by atoms with Crippen molar-refractivity contribution >= 4 is 5.82 Å². The molecule has 0 aliphatic carbocycles. The van der Waals surface area contributed by atoms with Crippen molar-refractivity contribution < 1.29 is 14.2 Å². The fraction of sp³-hybridized carbons (Fsp3) is 0.667. The minimum Gasteiger partial charge on any atom is -0.383 e. The molecule has 1 aromatic rings. The molecule has 0 spiro atoms. The van der Waals surface area contributed by atoms with Gasteiger partial charge >= 0.3 is 0 Å².